The van der Waals surface area contributed by atoms with Crippen molar-refractivity contribution in [2.45, 2.75) is 31.4 Å². The van der Waals surface area contributed by atoms with Gasteiger partial charge in [0.1, 0.15) is 11.4 Å². The molecule has 0 spiro atoms. The van der Waals surface area contributed by atoms with Crippen molar-refractivity contribution in [1.29, 1.82) is 0 Å². The summed E-state index contributed by atoms with van der Waals surface area (Å²) in [6.45, 7) is 2.17. The van der Waals surface area contributed by atoms with E-state index in [1.807, 2.05) is 0 Å². The van der Waals surface area contributed by atoms with Crippen molar-refractivity contribution in [3.63, 3.8) is 0 Å². The molecule has 0 saturated carbocycles. The number of carbonyl (C=O) groups excluding carboxylic acids is 1. The SMILES string of the molecule is COc1ccc([C@](C)(O)[C@H]2CCCN2C(=O)c2ccncc2F)cc1. The Balaban J connectivity index is 1.89. The van der Waals surface area contributed by atoms with E-state index in [-0.39, 0.29) is 5.56 Å². The predicted octanol–water partition coefficient (Wildman–Crippen LogP) is 2.74. The lowest BCUT2D eigenvalue weighted by atomic mass is 9.86. The fraction of sp³-hybridized carbons (Fsp3) is 0.368. The molecule has 25 heavy (non-hydrogen) atoms. The molecular formula is C19H21FN2O3. The van der Waals surface area contributed by atoms with Gasteiger partial charge >= 0.3 is 0 Å². The maximum Gasteiger partial charge on any atom is 0.257 e. The van der Waals surface area contributed by atoms with E-state index >= 15 is 0 Å². The zero-order valence-corrected chi connectivity index (χ0v) is 14.3. The van der Waals surface area contributed by atoms with Crippen molar-refractivity contribution in [3.8, 4) is 5.75 Å². The van der Waals surface area contributed by atoms with Crippen LogP contribution in [0.1, 0.15) is 35.7 Å². The first-order valence-electron chi connectivity index (χ1n) is 8.22. The van der Waals surface area contributed by atoms with E-state index in [1.165, 1.54) is 12.3 Å². The lowest BCUT2D eigenvalue weighted by molar-refractivity contribution is -0.0178. The van der Waals surface area contributed by atoms with Crippen LogP contribution in [0.2, 0.25) is 0 Å². The van der Waals surface area contributed by atoms with Gasteiger partial charge in [-0.05, 0) is 43.5 Å². The number of methoxy groups -OCH3 is 1. The summed E-state index contributed by atoms with van der Waals surface area (Å²) in [4.78, 5) is 18.0. The van der Waals surface area contributed by atoms with Crippen LogP contribution in [0.15, 0.2) is 42.7 Å². The van der Waals surface area contributed by atoms with Gasteiger partial charge in [-0.2, -0.15) is 0 Å². The molecule has 1 aliphatic heterocycles. The number of ether oxygens (including phenoxy) is 1. The Bertz CT molecular complexity index is 762. The van der Waals surface area contributed by atoms with Gasteiger partial charge < -0.3 is 14.7 Å². The largest absolute Gasteiger partial charge is 0.497 e. The van der Waals surface area contributed by atoms with E-state index in [4.69, 9.17) is 4.74 Å². The Labute approximate surface area is 146 Å². The van der Waals surface area contributed by atoms with Gasteiger partial charge in [0.25, 0.3) is 5.91 Å². The molecule has 5 nitrogen and oxygen atoms in total. The number of likely N-dealkylation sites (tertiary alicyclic amines) is 1. The van der Waals surface area contributed by atoms with Crippen LogP contribution in [0.25, 0.3) is 0 Å². The second-order valence-corrected chi connectivity index (χ2v) is 6.39. The van der Waals surface area contributed by atoms with E-state index < -0.39 is 23.4 Å². The molecule has 0 unspecified atom stereocenters. The summed E-state index contributed by atoms with van der Waals surface area (Å²) in [5, 5.41) is 11.1. The number of rotatable bonds is 4. The van der Waals surface area contributed by atoms with E-state index in [2.05, 4.69) is 4.98 Å². The van der Waals surface area contributed by atoms with Crippen LogP contribution < -0.4 is 4.74 Å². The highest BCUT2D eigenvalue weighted by Crippen LogP contribution is 2.36. The van der Waals surface area contributed by atoms with Gasteiger partial charge in [-0.3, -0.25) is 9.78 Å². The third-order valence-electron chi connectivity index (χ3n) is 4.84. The monoisotopic (exact) mass is 344 g/mol. The average Bonchev–Trinajstić information content (AvgIpc) is 3.12. The van der Waals surface area contributed by atoms with Crippen LogP contribution in [0, 0.1) is 5.82 Å². The second-order valence-electron chi connectivity index (χ2n) is 6.39. The third-order valence-corrected chi connectivity index (χ3v) is 4.84. The average molecular weight is 344 g/mol. The zero-order valence-electron chi connectivity index (χ0n) is 14.3. The summed E-state index contributed by atoms with van der Waals surface area (Å²) in [6.07, 6.45) is 3.83. The molecule has 0 radical (unpaired) electrons. The lowest BCUT2D eigenvalue weighted by Crippen LogP contribution is -2.48. The number of pyridine rings is 1. The van der Waals surface area contributed by atoms with Gasteiger partial charge in [0.15, 0.2) is 5.82 Å². The van der Waals surface area contributed by atoms with Gasteiger partial charge in [-0.15, -0.1) is 0 Å². The molecule has 132 valence electrons. The van der Waals surface area contributed by atoms with E-state index in [0.717, 1.165) is 12.6 Å². The number of hydrogen-bond acceptors (Lipinski definition) is 4. The van der Waals surface area contributed by atoms with Crippen LogP contribution in [0.5, 0.6) is 5.75 Å². The molecule has 1 aromatic heterocycles. The summed E-state index contributed by atoms with van der Waals surface area (Å²) in [5.41, 5.74) is -0.581. The Morgan fingerprint density at radius 3 is 2.72 bits per heavy atom. The Morgan fingerprint density at radius 2 is 2.08 bits per heavy atom. The second kappa shape index (κ2) is 6.80. The van der Waals surface area contributed by atoms with Crippen LogP contribution in [-0.4, -0.2) is 40.6 Å². The summed E-state index contributed by atoms with van der Waals surface area (Å²) in [7, 11) is 1.58. The smallest absolute Gasteiger partial charge is 0.257 e. The highest BCUT2D eigenvalue weighted by atomic mass is 19.1. The third kappa shape index (κ3) is 3.22. The fourth-order valence-electron chi connectivity index (χ4n) is 3.42. The summed E-state index contributed by atoms with van der Waals surface area (Å²) >= 11 is 0. The number of hydrogen-bond donors (Lipinski definition) is 1. The first-order valence-corrected chi connectivity index (χ1v) is 8.22. The molecule has 2 aromatic rings. The lowest BCUT2D eigenvalue weighted by Gasteiger charge is -2.37. The molecule has 2 atom stereocenters. The number of aromatic nitrogens is 1. The van der Waals surface area contributed by atoms with Crippen molar-refractivity contribution < 1.29 is 19.0 Å². The molecule has 2 heterocycles. The minimum absolute atomic E-state index is 0.0209. The van der Waals surface area contributed by atoms with Gasteiger partial charge in [-0.1, -0.05) is 12.1 Å². The van der Waals surface area contributed by atoms with Crippen molar-refractivity contribution in [1.82, 2.24) is 9.88 Å². The number of carbonyl (C=O) groups is 1. The maximum atomic E-state index is 13.9. The number of amides is 1. The summed E-state index contributed by atoms with van der Waals surface area (Å²) in [5.74, 6) is -0.379. The molecule has 1 fully saturated rings. The summed E-state index contributed by atoms with van der Waals surface area (Å²) in [6, 6.07) is 8.05. The molecule has 3 rings (SSSR count). The normalized spacial score (nSPS) is 19.5. The van der Waals surface area contributed by atoms with Crippen LogP contribution >= 0.6 is 0 Å². The molecule has 6 heteroatoms. The van der Waals surface area contributed by atoms with Gasteiger partial charge in [-0.25, -0.2) is 4.39 Å². The molecular weight excluding hydrogens is 323 g/mol. The van der Waals surface area contributed by atoms with Crippen LogP contribution in [0.4, 0.5) is 4.39 Å². The molecule has 0 aliphatic carbocycles. The molecule has 1 amide bonds. The fourth-order valence-corrected chi connectivity index (χ4v) is 3.42. The van der Waals surface area contributed by atoms with Crippen LogP contribution in [0.3, 0.4) is 0 Å². The van der Waals surface area contributed by atoms with E-state index in [0.29, 0.717) is 24.3 Å². The molecule has 1 aliphatic rings. The number of halogens is 1. The molecule has 1 N–H and O–H groups in total. The van der Waals surface area contributed by atoms with Gasteiger partial charge in [0.05, 0.1) is 24.9 Å². The Morgan fingerprint density at radius 1 is 1.36 bits per heavy atom. The van der Waals surface area contributed by atoms with E-state index in [1.54, 1.807) is 43.2 Å². The highest BCUT2D eigenvalue weighted by Gasteiger charge is 2.43. The van der Waals surface area contributed by atoms with Crippen molar-refractivity contribution in [2.75, 3.05) is 13.7 Å². The highest BCUT2D eigenvalue weighted by molar-refractivity contribution is 5.94. The number of aliphatic hydroxyl groups is 1. The first-order chi connectivity index (χ1) is 11.9. The first kappa shape index (κ1) is 17.4. The Hall–Kier alpha value is -2.47. The molecule has 1 aromatic carbocycles. The molecule has 0 bridgehead atoms. The minimum atomic E-state index is -1.25. The standard InChI is InChI=1S/C19H21FN2O3/c1-19(24,13-5-7-14(25-2)8-6-13)17-4-3-11-22(17)18(23)15-9-10-21-12-16(15)20/h5-10,12,17,24H,3-4,11H2,1-2H3/t17-,19+/m1/s1. The minimum Gasteiger partial charge on any atom is -0.497 e. The molecule has 1 saturated heterocycles. The van der Waals surface area contributed by atoms with Crippen molar-refractivity contribution >= 4 is 5.91 Å². The van der Waals surface area contributed by atoms with Crippen molar-refractivity contribution in [3.05, 3.63) is 59.7 Å². The Kier molecular flexibility index (Phi) is 4.72. The van der Waals surface area contributed by atoms with Crippen molar-refractivity contribution in [2.24, 2.45) is 0 Å². The summed E-state index contributed by atoms with van der Waals surface area (Å²) < 4.78 is 19.1. The zero-order chi connectivity index (χ0) is 18.0. The topological polar surface area (TPSA) is 62.7 Å². The van der Waals surface area contributed by atoms with Crippen LogP contribution in [-0.2, 0) is 5.60 Å². The number of nitrogens with zero attached hydrogens (tertiary/aromatic N) is 2. The number of benzene rings is 1. The maximum absolute atomic E-state index is 13.9. The van der Waals surface area contributed by atoms with Gasteiger partial charge in [0, 0.05) is 12.7 Å². The van der Waals surface area contributed by atoms with E-state index in [9.17, 15) is 14.3 Å². The quantitative estimate of drug-likeness (QED) is 0.926. The van der Waals surface area contributed by atoms with Gasteiger partial charge in [0.2, 0.25) is 0 Å². The predicted molar refractivity (Wildman–Crippen MR) is 90.8 cm³/mol.